The van der Waals surface area contributed by atoms with Gasteiger partial charge in [0.25, 0.3) is 5.56 Å². The van der Waals surface area contributed by atoms with Crippen LogP contribution in [0.15, 0.2) is 94.2 Å². The Labute approximate surface area is 235 Å². The maximum atomic E-state index is 14.0. The number of carbonyl (C=O) groups is 1. The van der Waals surface area contributed by atoms with E-state index in [2.05, 4.69) is 5.92 Å². The van der Waals surface area contributed by atoms with Gasteiger partial charge in [-0.2, -0.15) is 0 Å². The summed E-state index contributed by atoms with van der Waals surface area (Å²) in [6, 6.07) is 23.3. The zero-order valence-electron chi connectivity index (χ0n) is 22.0. The van der Waals surface area contributed by atoms with Gasteiger partial charge in [-0.15, -0.1) is 6.42 Å². The number of hydrogen-bond acceptors (Lipinski definition) is 7. The number of rotatable bonds is 8. The van der Waals surface area contributed by atoms with Crippen molar-refractivity contribution in [2.24, 2.45) is 4.99 Å². The molecule has 1 aliphatic rings. The number of terminal acetylenes is 1. The van der Waals surface area contributed by atoms with Crippen molar-refractivity contribution in [3.8, 4) is 23.8 Å². The monoisotopic (exact) mass is 550 g/mol. The summed E-state index contributed by atoms with van der Waals surface area (Å²) in [6.07, 6.45) is 7.10. The molecule has 0 unspecified atom stereocenters. The van der Waals surface area contributed by atoms with Crippen LogP contribution in [0.25, 0.3) is 11.8 Å². The minimum atomic E-state index is -0.760. The first-order valence-electron chi connectivity index (χ1n) is 12.6. The Morgan fingerprint density at radius 1 is 1.07 bits per heavy atom. The minimum absolute atomic E-state index is 0.145. The van der Waals surface area contributed by atoms with E-state index in [1.807, 2.05) is 60.7 Å². The molecule has 40 heavy (non-hydrogen) atoms. The molecule has 1 atom stereocenters. The number of benzene rings is 3. The highest BCUT2D eigenvalue weighted by atomic mass is 32.1. The second kappa shape index (κ2) is 11.9. The van der Waals surface area contributed by atoms with Gasteiger partial charge in [0.15, 0.2) is 4.80 Å². The van der Waals surface area contributed by atoms with E-state index in [-0.39, 0.29) is 18.8 Å². The zero-order chi connectivity index (χ0) is 28.1. The second-order valence-electron chi connectivity index (χ2n) is 8.77. The molecule has 0 amide bonds. The van der Waals surface area contributed by atoms with Crippen molar-refractivity contribution in [1.29, 1.82) is 0 Å². The van der Waals surface area contributed by atoms with Crippen LogP contribution in [0.4, 0.5) is 0 Å². The third-order valence-corrected chi connectivity index (χ3v) is 7.27. The molecule has 2 heterocycles. The van der Waals surface area contributed by atoms with Crippen LogP contribution in [0.1, 0.15) is 29.7 Å². The lowest BCUT2D eigenvalue weighted by molar-refractivity contribution is -0.138. The van der Waals surface area contributed by atoms with Crippen LogP contribution >= 0.6 is 11.3 Å². The first-order chi connectivity index (χ1) is 19.5. The highest BCUT2D eigenvalue weighted by Gasteiger charge is 2.35. The predicted octanol–water partition coefficient (Wildman–Crippen LogP) is 3.96. The molecule has 3 aromatic carbocycles. The van der Waals surface area contributed by atoms with Crippen LogP contribution in [0.3, 0.4) is 0 Å². The smallest absolute Gasteiger partial charge is 0.338 e. The quantitative estimate of drug-likeness (QED) is 0.245. The van der Waals surface area contributed by atoms with Gasteiger partial charge in [-0.3, -0.25) is 9.36 Å². The Bertz CT molecular complexity index is 1790. The number of esters is 1. The molecular formula is C32H26N2O5S. The molecule has 0 aliphatic carbocycles. The van der Waals surface area contributed by atoms with Gasteiger partial charge >= 0.3 is 5.97 Å². The third-order valence-electron chi connectivity index (χ3n) is 6.28. The van der Waals surface area contributed by atoms with E-state index in [9.17, 15) is 9.59 Å². The van der Waals surface area contributed by atoms with Crippen molar-refractivity contribution < 1.29 is 19.0 Å². The fourth-order valence-corrected chi connectivity index (χ4v) is 5.51. The number of methoxy groups -OCH3 is 1. The molecular weight excluding hydrogens is 524 g/mol. The molecule has 5 rings (SSSR count). The molecule has 0 fully saturated rings. The Morgan fingerprint density at radius 2 is 1.85 bits per heavy atom. The normalized spacial score (nSPS) is 14.6. The SMILES string of the molecule is C#CCOc1cccc(/C=c2\sc3n(c2=O)[C@@H](c2ccc(OC)cc2)C(C(=O)OCC)=C(c2ccccc2)N=3)c1. The fraction of sp³-hybridized carbons (Fsp3) is 0.156. The largest absolute Gasteiger partial charge is 0.497 e. The molecule has 4 aromatic rings. The Morgan fingerprint density at radius 3 is 2.55 bits per heavy atom. The summed E-state index contributed by atoms with van der Waals surface area (Å²) in [5, 5.41) is 0. The van der Waals surface area contributed by atoms with E-state index >= 15 is 0 Å². The van der Waals surface area contributed by atoms with E-state index in [1.54, 1.807) is 42.9 Å². The van der Waals surface area contributed by atoms with Gasteiger partial charge in [0.05, 0.1) is 35.6 Å². The highest BCUT2D eigenvalue weighted by molar-refractivity contribution is 7.07. The van der Waals surface area contributed by atoms with Crippen LogP contribution in [-0.2, 0) is 9.53 Å². The van der Waals surface area contributed by atoms with Crippen LogP contribution in [0.2, 0.25) is 0 Å². The Kier molecular flexibility index (Phi) is 7.94. The number of ether oxygens (including phenoxy) is 3. The molecule has 0 radical (unpaired) electrons. The lowest BCUT2D eigenvalue weighted by atomic mass is 9.93. The molecule has 1 aromatic heterocycles. The van der Waals surface area contributed by atoms with E-state index < -0.39 is 12.0 Å². The first kappa shape index (κ1) is 26.7. The van der Waals surface area contributed by atoms with Gasteiger partial charge in [0, 0.05) is 5.56 Å². The van der Waals surface area contributed by atoms with Crippen LogP contribution in [0, 0.1) is 12.3 Å². The van der Waals surface area contributed by atoms with Crippen LogP contribution in [0.5, 0.6) is 11.5 Å². The van der Waals surface area contributed by atoms with Gasteiger partial charge < -0.3 is 14.2 Å². The molecule has 0 saturated carbocycles. The number of aromatic nitrogens is 1. The van der Waals surface area contributed by atoms with Gasteiger partial charge in [0.2, 0.25) is 0 Å². The maximum Gasteiger partial charge on any atom is 0.338 e. The van der Waals surface area contributed by atoms with Crippen molar-refractivity contribution >= 4 is 29.1 Å². The van der Waals surface area contributed by atoms with Gasteiger partial charge in [0.1, 0.15) is 18.1 Å². The molecule has 8 heteroatoms. The summed E-state index contributed by atoms with van der Waals surface area (Å²) in [6.45, 7) is 2.08. The Hall–Kier alpha value is -4.87. The molecule has 0 bridgehead atoms. The third kappa shape index (κ3) is 5.33. The first-order valence-corrected chi connectivity index (χ1v) is 13.4. The molecule has 0 N–H and O–H groups in total. The number of fused-ring (bicyclic) bond motifs is 1. The van der Waals surface area contributed by atoms with Crippen LogP contribution < -0.4 is 24.4 Å². The summed E-state index contributed by atoms with van der Waals surface area (Å²) >= 11 is 1.26. The topological polar surface area (TPSA) is 79.1 Å². The van der Waals surface area contributed by atoms with E-state index in [4.69, 9.17) is 25.6 Å². The number of hydrogen-bond donors (Lipinski definition) is 0. The average molecular weight is 551 g/mol. The molecule has 1 aliphatic heterocycles. The minimum Gasteiger partial charge on any atom is -0.497 e. The summed E-state index contributed by atoms with van der Waals surface area (Å²) in [4.78, 5) is 32.8. The van der Waals surface area contributed by atoms with Crippen molar-refractivity contribution in [1.82, 2.24) is 4.57 Å². The molecule has 7 nitrogen and oxygen atoms in total. The van der Waals surface area contributed by atoms with Gasteiger partial charge in [-0.05, 0) is 48.4 Å². The van der Waals surface area contributed by atoms with E-state index in [0.29, 0.717) is 32.1 Å². The fourth-order valence-electron chi connectivity index (χ4n) is 4.51. The number of thiazole rings is 1. The summed E-state index contributed by atoms with van der Waals surface area (Å²) < 4.78 is 18.4. The average Bonchev–Trinajstić information content (AvgIpc) is 3.30. The summed E-state index contributed by atoms with van der Waals surface area (Å²) in [7, 11) is 1.59. The Balaban J connectivity index is 1.76. The van der Waals surface area contributed by atoms with Crippen LogP contribution in [-0.4, -0.2) is 30.9 Å². The van der Waals surface area contributed by atoms with E-state index in [0.717, 1.165) is 16.7 Å². The maximum absolute atomic E-state index is 14.0. The summed E-state index contributed by atoms with van der Waals surface area (Å²) in [5.74, 6) is 3.18. The summed E-state index contributed by atoms with van der Waals surface area (Å²) in [5.41, 5.74) is 2.74. The van der Waals surface area contributed by atoms with Crippen molar-refractivity contribution in [2.75, 3.05) is 20.3 Å². The van der Waals surface area contributed by atoms with Crippen molar-refractivity contribution in [3.63, 3.8) is 0 Å². The number of nitrogens with zero attached hydrogens (tertiary/aromatic N) is 2. The number of carbonyl (C=O) groups excluding carboxylic acids is 1. The van der Waals surface area contributed by atoms with Crippen molar-refractivity contribution in [3.05, 3.63) is 121 Å². The molecule has 0 spiro atoms. The van der Waals surface area contributed by atoms with Gasteiger partial charge in [-0.1, -0.05) is 71.9 Å². The second-order valence-corrected chi connectivity index (χ2v) is 9.78. The van der Waals surface area contributed by atoms with E-state index in [1.165, 1.54) is 11.3 Å². The standard InChI is InChI=1S/C32H26N2O5S/c1-4-18-39-25-13-9-10-21(19-25)20-26-30(35)34-29(23-14-16-24(37-3)17-15-23)27(31(36)38-5-2)28(33-32(34)40-26)22-11-7-6-8-12-22/h1,6-17,19-20,29H,5,18H2,2-3H3/b26-20-/t29-/m0/s1. The zero-order valence-corrected chi connectivity index (χ0v) is 22.8. The van der Waals surface area contributed by atoms with Crippen molar-refractivity contribution in [2.45, 2.75) is 13.0 Å². The lowest BCUT2D eigenvalue weighted by Crippen LogP contribution is -2.40. The highest BCUT2D eigenvalue weighted by Crippen LogP contribution is 2.35. The lowest BCUT2D eigenvalue weighted by Gasteiger charge is -2.26. The molecule has 0 saturated heterocycles. The molecule has 200 valence electrons. The van der Waals surface area contributed by atoms with Gasteiger partial charge in [-0.25, -0.2) is 9.79 Å². The predicted molar refractivity (Wildman–Crippen MR) is 155 cm³/mol.